The van der Waals surface area contributed by atoms with Gasteiger partial charge in [0.1, 0.15) is 5.67 Å². The van der Waals surface area contributed by atoms with Crippen LogP contribution in [0.3, 0.4) is 0 Å². The van der Waals surface area contributed by atoms with Gasteiger partial charge in [0.15, 0.2) is 0 Å². The van der Waals surface area contributed by atoms with E-state index in [0.29, 0.717) is 19.3 Å². The van der Waals surface area contributed by atoms with Gasteiger partial charge in [0, 0.05) is 6.42 Å². The van der Waals surface area contributed by atoms with Crippen molar-refractivity contribution >= 4 is 0 Å². The molecule has 0 saturated carbocycles. The van der Waals surface area contributed by atoms with Crippen LogP contribution in [0.25, 0.3) is 0 Å². The van der Waals surface area contributed by atoms with Crippen LogP contribution < -0.4 is 5.32 Å². The minimum atomic E-state index is -0.974. The lowest BCUT2D eigenvalue weighted by atomic mass is 9.87. The summed E-state index contributed by atoms with van der Waals surface area (Å²) in [5, 5.41) is 3.23. The zero-order valence-electron chi connectivity index (χ0n) is 10.3. The molecule has 92 valence electrons. The van der Waals surface area contributed by atoms with Crippen LogP contribution in [0.5, 0.6) is 0 Å². The molecule has 1 saturated heterocycles. The van der Waals surface area contributed by atoms with Gasteiger partial charge in [0.2, 0.25) is 0 Å². The van der Waals surface area contributed by atoms with E-state index >= 15 is 0 Å². The maximum absolute atomic E-state index is 14.6. The van der Waals surface area contributed by atoms with Crippen LogP contribution in [-0.2, 0) is 19.3 Å². The highest BCUT2D eigenvalue weighted by Crippen LogP contribution is 2.30. The van der Waals surface area contributed by atoms with Crippen LogP contribution in [0.2, 0.25) is 0 Å². The van der Waals surface area contributed by atoms with Gasteiger partial charge in [-0.3, -0.25) is 0 Å². The number of benzene rings is 1. The Hall–Kier alpha value is -0.890. The molecule has 3 rings (SSSR count). The van der Waals surface area contributed by atoms with Crippen LogP contribution in [0, 0.1) is 0 Å². The summed E-state index contributed by atoms with van der Waals surface area (Å²) in [4.78, 5) is 0. The monoisotopic (exact) mass is 233 g/mol. The summed E-state index contributed by atoms with van der Waals surface area (Å²) < 4.78 is 14.6. The van der Waals surface area contributed by atoms with Gasteiger partial charge < -0.3 is 5.32 Å². The van der Waals surface area contributed by atoms with Crippen LogP contribution in [0.4, 0.5) is 4.39 Å². The third-order valence-corrected chi connectivity index (χ3v) is 4.18. The molecular formula is C15H20FN. The van der Waals surface area contributed by atoms with Gasteiger partial charge in [-0.05, 0) is 61.9 Å². The third kappa shape index (κ3) is 2.37. The molecule has 2 heteroatoms. The maximum Gasteiger partial charge on any atom is 0.117 e. The van der Waals surface area contributed by atoms with E-state index in [1.165, 1.54) is 36.0 Å². The fraction of sp³-hybridized carbons (Fsp3) is 0.600. The summed E-state index contributed by atoms with van der Waals surface area (Å²) in [6.07, 6.45) is 5.57. The Bertz CT molecular complexity index is 407. The van der Waals surface area contributed by atoms with E-state index in [0.717, 1.165) is 13.1 Å². The lowest BCUT2D eigenvalue weighted by Gasteiger charge is -2.30. The molecule has 0 spiro atoms. The summed E-state index contributed by atoms with van der Waals surface area (Å²) in [6.45, 7) is 1.64. The molecule has 1 fully saturated rings. The molecular weight excluding hydrogens is 213 g/mol. The SMILES string of the molecule is FC1(Cc2ccc3c(c2)CCC3)CCNCC1. The Balaban J connectivity index is 1.76. The van der Waals surface area contributed by atoms with Crippen LogP contribution in [0.15, 0.2) is 18.2 Å². The predicted molar refractivity (Wildman–Crippen MR) is 68.1 cm³/mol. The molecule has 0 radical (unpaired) electrons. The number of nitrogens with one attached hydrogen (secondary N) is 1. The molecule has 0 unspecified atom stereocenters. The second-order valence-electron chi connectivity index (χ2n) is 5.53. The summed E-state index contributed by atoms with van der Waals surface area (Å²) >= 11 is 0. The molecule has 1 N–H and O–H groups in total. The average Bonchev–Trinajstić information content (AvgIpc) is 2.76. The number of halogens is 1. The highest BCUT2D eigenvalue weighted by molar-refractivity contribution is 5.35. The van der Waals surface area contributed by atoms with Crippen molar-refractivity contribution in [1.29, 1.82) is 0 Å². The first-order chi connectivity index (χ1) is 8.25. The molecule has 1 nitrogen and oxygen atoms in total. The van der Waals surface area contributed by atoms with Crippen LogP contribution >= 0.6 is 0 Å². The van der Waals surface area contributed by atoms with Crippen molar-refractivity contribution in [3.05, 3.63) is 34.9 Å². The van der Waals surface area contributed by atoms with Crippen molar-refractivity contribution in [3.63, 3.8) is 0 Å². The second-order valence-corrected chi connectivity index (χ2v) is 5.53. The Morgan fingerprint density at radius 2 is 1.88 bits per heavy atom. The van der Waals surface area contributed by atoms with Crippen molar-refractivity contribution in [2.24, 2.45) is 0 Å². The Labute approximate surface area is 102 Å². The zero-order valence-corrected chi connectivity index (χ0v) is 10.3. The minimum Gasteiger partial charge on any atom is -0.316 e. The number of rotatable bonds is 2. The van der Waals surface area contributed by atoms with E-state index in [-0.39, 0.29) is 0 Å². The van der Waals surface area contributed by atoms with E-state index in [2.05, 4.69) is 23.5 Å². The summed E-state index contributed by atoms with van der Waals surface area (Å²) in [5.41, 5.74) is 3.15. The van der Waals surface area contributed by atoms with Crippen LogP contribution in [0.1, 0.15) is 36.0 Å². The number of hydrogen-bond donors (Lipinski definition) is 1. The first-order valence-corrected chi connectivity index (χ1v) is 6.76. The molecule has 17 heavy (non-hydrogen) atoms. The Morgan fingerprint density at radius 1 is 1.12 bits per heavy atom. The van der Waals surface area contributed by atoms with Crippen molar-refractivity contribution in [2.75, 3.05) is 13.1 Å². The van der Waals surface area contributed by atoms with Crippen molar-refractivity contribution in [3.8, 4) is 0 Å². The first kappa shape index (κ1) is 11.2. The minimum absolute atomic E-state index is 0.599. The second kappa shape index (κ2) is 4.41. The van der Waals surface area contributed by atoms with Gasteiger partial charge >= 0.3 is 0 Å². The summed E-state index contributed by atoms with van der Waals surface area (Å²) in [5.74, 6) is 0. The molecule has 0 atom stereocenters. The van der Waals surface area contributed by atoms with Gasteiger partial charge in [-0.1, -0.05) is 18.2 Å². The van der Waals surface area contributed by atoms with Gasteiger partial charge in [0.25, 0.3) is 0 Å². The third-order valence-electron chi connectivity index (χ3n) is 4.18. The van der Waals surface area contributed by atoms with Gasteiger partial charge in [0.05, 0.1) is 0 Å². The van der Waals surface area contributed by atoms with Gasteiger partial charge in [-0.2, -0.15) is 0 Å². The molecule has 0 bridgehead atoms. The fourth-order valence-electron chi connectivity index (χ4n) is 3.15. The van der Waals surface area contributed by atoms with Gasteiger partial charge in [-0.25, -0.2) is 4.39 Å². The summed E-state index contributed by atoms with van der Waals surface area (Å²) in [7, 11) is 0. The van der Waals surface area contributed by atoms with Crippen molar-refractivity contribution in [2.45, 2.75) is 44.2 Å². The summed E-state index contributed by atoms with van der Waals surface area (Å²) in [6, 6.07) is 6.58. The molecule has 2 aliphatic rings. The largest absolute Gasteiger partial charge is 0.316 e. The molecule has 1 aliphatic heterocycles. The number of hydrogen-bond acceptors (Lipinski definition) is 1. The number of piperidine rings is 1. The normalized spacial score (nSPS) is 22.4. The molecule has 1 aromatic rings. The highest BCUT2D eigenvalue weighted by Gasteiger charge is 2.31. The first-order valence-electron chi connectivity index (χ1n) is 6.76. The molecule has 1 aliphatic carbocycles. The quantitative estimate of drug-likeness (QED) is 0.828. The van der Waals surface area contributed by atoms with E-state index < -0.39 is 5.67 Å². The number of aryl methyl sites for hydroxylation is 2. The zero-order chi connectivity index (χ0) is 11.7. The van der Waals surface area contributed by atoms with Crippen LogP contribution in [-0.4, -0.2) is 18.8 Å². The van der Waals surface area contributed by atoms with E-state index in [1.54, 1.807) is 0 Å². The number of fused-ring (bicyclic) bond motifs is 1. The van der Waals surface area contributed by atoms with E-state index in [4.69, 9.17) is 0 Å². The van der Waals surface area contributed by atoms with Gasteiger partial charge in [-0.15, -0.1) is 0 Å². The Kier molecular flexibility index (Phi) is 2.91. The lowest BCUT2D eigenvalue weighted by molar-refractivity contribution is 0.116. The maximum atomic E-state index is 14.6. The molecule has 0 amide bonds. The van der Waals surface area contributed by atoms with E-state index in [1.807, 2.05) is 0 Å². The van der Waals surface area contributed by atoms with E-state index in [9.17, 15) is 4.39 Å². The molecule has 1 heterocycles. The van der Waals surface area contributed by atoms with Crippen molar-refractivity contribution < 1.29 is 4.39 Å². The standard InChI is InChI=1S/C15H20FN/c16-15(6-8-17-9-7-15)11-12-4-5-13-2-1-3-14(13)10-12/h4-5,10,17H,1-3,6-9,11H2. The fourth-order valence-corrected chi connectivity index (χ4v) is 3.15. The van der Waals surface area contributed by atoms with Crippen molar-refractivity contribution in [1.82, 2.24) is 5.32 Å². The number of alkyl halides is 1. The molecule has 1 aromatic carbocycles. The predicted octanol–water partition coefficient (Wildman–Crippen LogP) is 2.81. The lowest BCUT2D eigenvalue weighted by Crippen LogP contribution is -2.40. The topological polar surface area (TPSA) is 12.0 Å². The highest BCUT2D eigenvalue weighted by atomic mass is 19.1. The Morgan fingerprint density at radius 3 is 2.71 bits per heavy atom. The smallest absolute Gasteiger partial charge is 0.117 e. The average molecular weight is 233 g/mol. The molecule has 0 aromatic heterocycles.